The van der Waals surface area contributed by atoms with E-state index in [0.717, 1.165) is 32.9 Å². The number of aryl methyl sites for hydroxylation is 2. The third-order valence-corrected chi connectivity index (χ3v) is 5.58. The van der Waals surface area contributed by atoms with Crippen molar-refractivity contribution in [3.05, 3.63) is 86.1 Å². The standard InChI is InChI=1S/C23H21BrN4O2/c1-14-11-17(15(2)27(14)19-6-8-20(30-4)9-7-19)13-25-28-16(3)26-22-10-5-18(24)12-21(22)23(28)29/h5-13H,1-4H3. The van der Waals surface area contributed by atoms with E-state index >= 15 is 0 Å². The molecule has 0 unspecified atom stereocenters. The van der Waals surface area contributed by atoms with Crippen molar-refractivity contribution in [2.45, 2.75) is 20.8 Å². The molecule has 6 nitrogen and oxygen atoms in total. The lowest BCUT2D eigenvalue weighted by Gasteiger charge is -2.10. The summed E-state index contributed by atoms with van der Waals surface area (Å²) in [5.74, 6) is 1.35. The summed E-state index contributed by atoms with van der Waals surface area (Å²) >= 11 is 3.41. The summed E-state index contributed by atoms with van der Waals surface area (Å²) in [7, 11) is 1.65. The molecule has 30 heavy (non-hydrogen) atoms. The second-order valence-electron chi connectivity index (χ2n) is 7.04. The van der Waals surface area contributed by atoms with E-state index in [1.54, 1.807) is 26.3 Å². The van der Waals surface area contributed by atoms with Gasteiger partial charge in [-0.3, -0.25) is 4.79 Å². The number of fused-ring (bicyclic) bond motifs is 1. The van der Waals surface area contributed by atoms with Gasteiger partial charge in [-0.15, -0.1) is 0 Å². The summed E-state index contributed by atoms with van der Waals surface area (Å²) in [5.41, 5.74) is 4.54. The Morgan fingerprint density at radius 1 is 1.07 bits per heavy atom. The lowest BCUT2D eigenvalue weighted by molar-refractivity contribution is 0.414. The van der Waals surface area contributed by atoms with Gasteiger partial charge in [-0.25, -0.2) is 4.98 Å². The number of nitrogens with zero attached hydrogens (tertiary/aromatic N) is 4. The van der Waals surface area contributed by atoms with E-state index in [1.807, 2.05) is 50.2 Å². The Bertz CT molecular complexity index is 1330. The highest BCUT2D eigenvalue weighted by Gasteiger charge is 2.11. The lowest BCUT2D eigenvalue weighted by Crippen LogP contribution is -2.20. The molecular formula is C23H21BrN4O2. The Morgan fingerprint density at radius 2 is 1.80 bits per heavy atom. The van der Waals surface area contributed by atoms with Crippen LogP contribution in [-0.4, -0.2) is 27.6 Å². The second kappa shape index (κ2) is 7.91. The van der Waals surface area contributed by atoms with Crippen LogP contribution in [0, 0.1) is 20.8 Å². The minimum atomic E-state index is -0.195. The van der Waals surface area contributed by atoms with Crippen LogP contribution in [0.1, 0.15) is 22.8 Å². The fraction of sp³-hybridized carbons (Fsp3) is 0.174. The summed E-state index contributed by atoms with van der Waals surface area (Å²) in [4.78, 5) is 17.4. The zero-order valence-corrected chi connectivity index (χ0v) is 18.8. The van der Waals surface area contributed by atoms with Gasteiger partial charge in [0, 0.05) is 27.1 Å². The van der Waals surface area contributed by atoms with Crippen LogP contribution in [-0.2, 0) is 0 Å². The Morgan fingerprint density at radius 3 is 2.50 bits per heavy atom. The number of hydrogen-bond acceptors (Lipinski definition) is 4. The molecule has 0 radical (unpaired) electrons. The van der Waals surface area contributed by atoms with Gasteiger partial charge < -0.3 is 9.30 Å². The SMILES string of the molecule is COc1ccc(-n2c(C)cc(C=Nn3c(C)nc4ccc(Br)cc4c3=O)c2C)cc1. The molecular weight excluding hydrogens is 444 g/mol. The van der Waals surface area contributed by atoms with Crippen LogP contribution < -0.4 is 10.3 Å². The first-order chi connectivity index (χ1) is 14.4. The molecule has 2 heterocycles. The van der Waals surface area contributed by atoms with Crippen LogP contribution in [0.2, 0.25) is 0 Å². The van der Waals surface area contributed by atoms with Crippen LogP contribution in [0.15, 0.2) is 62.9 Å². The van der Waals surface area contributed by atoms with Gasteiger partial charge in [-0.1, -0.05) is 15.9 Å². The summed E-state index contributed by atoms with van der Waals surface area (Å²) < 4.78 is 9.56. The normalized spacial score (nSPS) is 11.5. The molecule has 0 fully saturated rings. The van der Waals surface area contributed by atoms with E-state index in [9.17, 15) is 4.79 Å². The summed E-state index contributed by atoms with van der Waals surface area (Å²) in [5, 5.41) is 4.98. The molecule has 0 aliphatic heterocycles. The minimum Gasteiger partial charge on any atom is -0.497 e. The number of halogens is 1. The van der Waals surface area contributed by atoms with Gasteiger partial charge in [-0.05, 0) is 69.3 Å². The van der Waals surface area contributed by atoms with E-state index in [0.29, 0.717) is 16.7 Å². The Hall–Kier alpha value is -3.19. The molecule has 2 aromatic heterocycles. The van der Waals surface area contributed by atoms with Gasteiger partial charge >= 0.3 is 0 Å². The van der Waals surface area contributed by atoms with Crippen LogP contribution in [0.5, 0.6) is 5.75 Å². The topological polar surface area (TPSA) is 61.4 Å². The van der Waals surface area contributed by atoms with Crippen LogP contribution in [0.3, 0.4) is 0 Å². The maximum Gasteiger partial charge on any atom is 0.282 e. The molecule has 0 bridgehead atoms. The second-order valence-corrected chi connectivity index (χ2v) is 7.96. The van der Waals surface area contributed by atoms with Gasteiger partial charge in [0.1, 0.15) is 11.6 Å². The Kier molecular flexibility index (Phi) is 5.30. The molecule has 7 heteroatoms. The molecule has 4 rings (SSSR count). The number of aromatic nitrogens is 3. The number of methoxy groups -OCH3 is 1. The third kappa shape index (κ3) is 3.57. The van der Waals surface area contributed by atoms with Crippen molar-refractivity contribution in [3.63, 3.8) is 0 Å². The number of hydrogen-bond donors (Lipinski definition) is 0. The van der Waals surface area contributed by atoms with Crippen molar-refractivity contribution in [3.8, 4) is 11.4 Å². The highest BCUT2D eigenvalue weighted by atomic mass is 79.9. The van der Waals surface area contributed by atoms with Crippen molar-refractivity contribution >= 4 is 33.0 Å². The highest BCUT2D eigenvalue weighted by Crippen LogP contribution is 2.22. The summed E-state index contributed by atoms with van der Waals surface area (Å²) in [6.45, 7) is 5.85. The van der Waals surface area contributed by atoms with Gasteiger partial charge in [0.15, 0.2) is 0 Å². The van der Waals surface area contributed by atoms with Crippen molar-refractivity contribution in [2.75, 3.05) is 7.11 Å². The van der Waals surface area contributed by atoms with E-state index in [2.05, 4.69) is 36.6 Å². The molecule has 0 atom stereocenters. The van der Waals surface area contributed by atoms with Gasteiger partial charge in [-0.2, -0.15) is 9.78 Å². The average Bonchev–Trinajstić information content (AvgIpc) is 3.02. The molecule has 0 aliphatic carbocycles. The fourth-order valence-corrected chi connectivity index (χ4v) is 3.92. The average molecular weight is 465 g/mol. The van der Waals surface area contributed by atoms with Crippen molar-refractivity contribution in [1.82, 2.24) is 14.2 Å². The van der Waals surface area contributed by atoms with Gasteiger partial charge in [0.25, 0.3) is 5.56 Å². The molecule has 2 aromatic carbocycles. The van der Waals surface area contributed by atoms with Crippen molar-refractivity contribution < 1.29 is 4.74 Å². The maximum absolute atomic E-state index is 12.9. The van der Waals surface area contributed by atoms with Crippen molar-refractivity contribution in [1.29, 1.82) is 0 Å². The first kappa shape index (κ1) is 20.1. The molecule has 0 N–H and O–H groups in total. The molecule has 0 saturated heterocycles. The fourth-order valence-electron chi connectivity index (χ4n) is 3.56. The number of benzene rings is 2. The van der Waals surface area contributed by atoms with Crippen LogP contribution in [0.25, 0.3) is 16.6 Å². The molecule has 0 saturated carbocycles. The van der Waals surface area contributed by atoms with E-state index < -0.39 is 0 Å². The number of ether oxygens (including phenoxy) is 1. The van der Waals surface area contributed by atoms with Crippen LogP contribution in [0.4, 0.5) is 0 Å². The molecule has 4 aromatic rings. The largest absolute Gasteiger partial charge is 0.497 e. The highest BCUT2D eigenvalue weighted by molar-refractivity contribution is 9.10. The summed E-state index contributed by atoms with van der Waals surface area (Å²) in [6.07, 6.45) is 1.71. The van der Waals surface area contributed by atoms with Gasteiger partial charge in [0.2, 0.25) is 0 Å². The Labute approximate surface area is 182 Å². The predicted molar refractivity (Wildman–Crippen MR) is 123 cm³/mol. The molecule has 152 valence electrons. The van der Waals surface area contributed by atoms with Crippen LogP contribution >= 0.6 is 15.9 Å². The zero-order valence-electron chi connectivity index (χ0n) is 17.2. The molecule has 0 amide bonds. The monoisotopic (exact) mass is 464 g/mol. The lowest BCUT2D eigenvalue weighted by atomic mass is 10.2. The van der Waals surface area contributed by atoms with E-state index in [1.165, 1.54) is 4.68 Å². The summed E-state index contributed by atoms with van der Waals surface area (Å²) in [6, 6.07) is 15.4. The smallest absolute Gasteiger partial charge is 0.282 e. The number of rotatable bonds is 4. The zero-order chi connectivity index (χ0) is 21.4. The first-order valence-corrected chi connectivity index (χ1v) is 10.2. The Balaban J connectivity index is 1.76. The maximum atomic E-state index is 12.9. The first-order valence-electron chi connectivity index (χ1n) is 9.45. The third-order valence-electron chi connectivity index (χ3n) is 5.08. The molecule has 0 spiro atoms. The van der Waals surface area contributed by atoms with E-state index in [4.69, 9.17) is 4.74 Å². The van der Waals surface area contributed by atoms with Crippen molar-refractivity contribution in [2.24, 2.45) is 5.10 Å². The van der Waals surface area contributed by atoms with Gasteiger partial charge in [0.05, 0.1) is 24.2 Å². The predicted octanol–water partition coefficient (Wildman–Crippen LogP) is 4.77. The quantitative estimate of drug-likeness (QED) is 0.408. The molecule has 0 aliphatic rings. The van der Waals surface area contributed by atoms with E-state index in [-0.39, 0.29) is 5.56 Å². The minimum absolute atomic E-state index is 0.195.